The monoisotopic (exact) mass is 259 g/mol. The van der Waals surface area contributed by atoms with Crippen LogP contribution in [0.15, 0.2) is 24.4 Å². The van der Waals surface area contributed by atoms with Crippen molar-refractivity contribution in [3.63, 3.8) is 0 Å². The molecule has 1 amide bonds. The van der Waals surface area contributed by atoms with Crippen LogP contribution >= 0.6 is 11.3 Å². The van der Waals surface area contributed by atoms with E-state index in [1.807, 2.05) is 6.92 Å². The molecule has 0 saturated heterocycles. The predicted octanol–water partition coefficient (Wildman–Crippen LogP) is 1.98. The summed E-state index contributed by atoms with van der Waals surface area (Å²) >= 11 is 1.44. The minimum atomic E-state index is -0.200. The summed E-state index contributed by atoms with van der Waals surface area (Å²) in [6, 6.07) is 5.15. The highest BCUT2D eigenvalue weighted by Gasteiger charge is 2.10. The van der Waals surface area contributed by atoms with Crippen LogP contribution in [0.5, 0.6) is 0 Å². The second kappa shape index (κ2) is 4.19. The Morgan fingerprint density at radius 3 is 2.94 bits per heavy atom. The number of carbonyl (C=O) groups is 1. The topological polar surface area (TPSA) is 83.6 Å². The highest BCUT2D eigenvalue weighted by molar-refractivity contribution is 7.15. The number of fused-ring (bicyclic) bond motifs is 1. The van der Waals surface area contributed by atoms with E-state index < -0.39 is 0 Å². The number of hydrogen-bond donors (Lipinski definition) is 2. The van der Waals surface area contributed by atoms with Gasteiger partial charge in [-0.2, -0.15) is 15.4 Å². The number of nitrogens with one attached hydrogen (secondary N) is 2. The fourth-order valence-electron chi connectivity index (χ4n) is 1.56. The maximum absolute atomic E-state index is 12.0. The molecule has 2 N–H and O–H groups in total. The van der Waals surface area contributed by atoms with Gasteiger partial charge in [-0.05, 0) is 25.1 Å². The van der Waals surface area contributed by atoms with Gasteiger partial charge in [-0.25, -0.2) is 4.98 Å². The lowest BCUT2D eigenvalue weighted by Gasteiger charge is -2.00. The molecule has 0 unspecified atom stereocenters. The minimum absolute atomic E-state index is 0.200. The first-order valence-electron chi connectivity index (χ1n) is 5.27. The fourth-order valence-corrected chi connectivity index (χ4v) is 2.22. The second-order valence-corrected chi connectivity index (χ2v) is 4.99. The number of rotatable bonds is 2. The number of benzene rings is 1. The maximum Gasteiger partial charge on any atom is 0.257 e. The number of hydrogen-bond acceptors (Lipinski definition) is 5. The molecule has 0 atom stereocenters. The molecule has 90 valence electrons. The zero-order valence-corrected chi connectivity index (χ0v) is 10.3. The van der Waals surface area contributed by atoms with E-state index in [0.29, 0.717) is 16.2 Å². The van der Waals surface area contributed by atoms with Crippen molar-refractivity contribution < 1.29 is 4.79 Å². The molecule has 0 saturated carbocycles. The Labute approximate surface area is 106 Å². The lowest BCUT2D eigenvalue weighted by atomic mass is 10.2. The molecule has 0 aliphatic carbocycles. The molecular formula is C11H9N5OS. The van der Waals surface area contributed by atoms with Crippen molar-refractivity contribution in [1.29, 1.82) is 0 Å². The fraction of sp³-hybridized carbons (Fsp3) is 0.0909. The van der Waals surface area contributed by atoms with E-state index in [0.717, 1.165) is 10.4 Å². The molecule has 2 aromatic heterocycles. The van der Waals surface area contributed by atoms with Gasteiger partial charge < -0.3 is 0 Å². The third-order valence-corrected chi connectivity index (χ3v) is 3.25. The average Bonchev–Trinajstić information content (AvgIpc) is 2.96. The zero-order valence-electron chi connectivity index (χ0n) is 9.47. The van der Waals surface area contributed by atoms with E-state index in [1.54, 1.807) is 24.4 Å². The van der Waals surface area contributed by atoms with Gasteiger partial charge in [0.2, 0.25) is 0 Å². The molecule has 1 aromatic carbocycles. The lowest BCUT2D eigenvalue weighted by Crippen LogP contribution is -2.11. The summed E-state index contributed by atoms with van der Waals surface area (Å²) in [4.78, 5) is 17.1. The van der Waals surface area contributed by atoms with Crippen LogP contribution in [0.3, 0.4) is 0 Å². The maximum atomic E-state index is 12.0. The normalized spacial score (nSPS) is 10.7. The van der Waals surface area contributed by atoms with Crippen molar-refractivity contribution in [3.8, 4) is 0 Å². The first-order valence-corrected chi connectivity index (χ1v) is 6.08. The molecule has 0 fully saturated rings. The predicted molar refractivity (Wildman–Crippen MR) is 68.7 cm³/mol. The van der Waals surface area contributed by atoms with Gasteiger partial charge in [0.1, 0.15) is 11.0 Å². The molecule has 7 heteroatoms. The van der Waals surface area contributed by atoms with E-state index in [4.69, 9.17) is 0 Å². The van der Waals surface area contributed by atoms with E-state index in [9.17, 15) is 4.79 Å². The summed E-state index contributed by atoms with van der Waals surface area (Å²) < 4.78 is 0. The van der Waals surface area contributed by atoms with Gasteiger partial charge in [0, 0.05) is 16.6 Å². The first kappa shape index (κ1) is 10.8. The Kier molecular flexibility index (Phi) is 2.52. The molecular weight excluding hydrogens is 250 g/mol. The van der Waals surface area contributed by atoms with Crippen molar-refractivity contribution in [3.05, 3.63) is 34.8 Å². The zero-order chi connectivity index (χ0) is 12.5. The van der Waals surface area contributed by atoms with Crippen LogP contribution in [0.25, 0.3) is 11.0 Å². The summed E-state index contributed by atoms with van der Waals surface area (Å²) in [6.45, 7) is 1.94. The number of nitrogens with zero attached hydrogens (tertiary/aromatic N) is 3. The number of anilines is 1. The van der Waals surface area contributed by atoms with E-state index in [2.05, 4.69) is 25.7 Å². The van der Waals surface area contributed by atoms with Crippen molar-refractivity contribution >= 4 is 33.4 Å². The van der Waals surface area contributed by atoms with Gasteiger partial charge in [-0.1, -0.05) is 0 Å². The number of thiazole rings is 1. The Hall–Kier alpha value is -2.28. The summed E-state index contributed by atoms with van der Waals surface area (Å²) in [5.74, 6) is -0.200. The van der Waals surface area contributed by atoms with Crippen LogP contribution in [0.2, 0.25) is 0 Å². The summed E-state index contributed by atoms with van der Waals surface area (Å²) in [5, 5.41) is 13.7. The van der Waals surface area contributed by atoms with Crippen LogP contribution in [0, 0.1) is 6.92 Å². The molecule has 0 bridgehead atoms. The van der Waals surface area contributed by atoms with E-state index in [-0.39, 0.29) is 5.91 Å². The molecule has 2 heterocycles. The van der Waals surface area contributed by atoms with E-state index in [1.165, 1.54) is 11.3 Å². The first-order chi connectivity index (χ1) is 8.72. The highest BCUT2D eigenvalue weighted by Crippen LogP contribution is 2.18. The molecule has 0 spiro atoms. The van der Waals surface area contributed by atoms with Crippen LogP contribution < -0.4 is 5.32 Å². The van der Waals surface area contributed by atoms with Crippen LogP contribution in [-0.2, 0) is 0 Å². The lowest BCUT2D eigenvalue weighted by molar-refractivity contribution is 0.102. The van der Waals surface area contributed by atoms with Gasteiger partial charge in [-0.3, -0.25) is 10.1 Å². The van der Waals surface area contributed by atoms with Crippen molar-refractivity contribution in [2.45, 2.75) is 6.92 Å². The smallest absolute Gasteiger partial charge is 0.257 e. The standard InChI is InChI=1S/C11H9N5OS/c1-6-5-12-11(18-6)13-10(17)7-2-3-8-9(4-7)15-16-14-8/h2-5H,1H3,(H,12,13,17)(H,14,15,16). The van der Waals surface area contributed by atoms with Gasteiger partial charge in [-0.15, -0.1) is 11.3 Å². The van der Waals surface area contributed by atoms with Crippen LogP contribution in [-0.4, -0.2) is 26.3 Å². The third kappa shape index (κ3) is 1.95. The number of carbonyl (C=O) groups excluding carboxylic acids is 1. The Balaban J connectivity index is 1.87. The average molecular weight is 259 g/mol. The number of H-pyrrole nitrogens is 1. The highest BCUT2D eigenvalue weighted by atomic mass is 32.1. The molecule has 0 radical (unpaired) electrons. The molecule has 0 aliphatic heterocycles. The molecule has 6 nitrogen and oxygen atoms in total. The van der Waals surface area contributed by atoms with Crippen LogP contribution in [0.4, 0.5) is 5.13 Å². The van der Waals surface area contributed by atoms with Gasteiger partial charge >= 0.3 is 0 Å². The number of amides is 1. The van der Waals surface area contributed by atoms with Crippen molar-refractivity contribution in [2.24, 2.45) is 0 Å². The van der Waals surface area contributed by atoms with Gasteiger partial charge in [0.15, 0.2) is 5.13 Å². The van der Waals surface area contributed by atoms with E-state index >= 15 is 0 Å². The SMILES string of the molecule is Cc1cnc(NC(=O)c2ccc3n[nH]nc3c2)s1. The molecule has 3 rings (SSSR count). The number of aryl methyl sites for hydroxylation is 1. The van der Waals surface area contributed by atoms with Gasteiger partial charge in [0.25, 0.3) is 5.91 Å². The Morgan fingerprint density at radius 2 is 2.17 bits per heavy atom. The second-order valence-electron chi connectivity index (χ2n) is 3.76. The number of aromatic amines is 1. The van der Waals surface area contributed by atoms with Crippen molar-refractivity contribution in [1.82, 2.24) is 20.4 Å². The summed E-state index contributed by atoms with van der Waals surface area (Å²) in [6.07, 6.45) is 1.72. The Bertz CT molecular complexity index is 717. The van der Waals surface area contributed by atoms with Crippen molar-refractivity contribution in [2.75, 3.05) is 5.32 Å². The quantitative estimate of drug-likeness (QED) is 0.737. The largest absolute Gasteiger partial charge is 0.298 e. The molecule has 3 aromatic rings. The number of aromatic nitrogens is 4. The third-order valence-electron chi connectivity index (χ3n) is 2.42. The molecule has 0 aliphatic rings. The van der Waals surface area contributed by atoms with Gasteiger partial charge in [0.05, 0.1) is 0 Å². The summed E-state index contributed by atoms with van der Waals surface area (Å²) in [7, 11) is 0. The Morgan fingerprint density at radius 1 is 1.33 bits per heavy atom. The molecule has 18 heavy (non-hydrogen) atoms. The minimum Gasteiger partial charge on any atom is -0.298 e. The van der Waals surface area contributed by atoms with Crippen LogP contribution in [0.1, 0.15) is 15.2 Å². The summed E-state index contributed by atoms with van der Waals surface area (Å²) in [5.41, 5.74) is 1.93.